The Balaban J connectivity index is 0.000000171. The van der Waals surface area contributed by atoms with Gasteiger partial charge in [0.25, 0.3) is 10.2 Å². The summed E-state index contributed by atoms with van der Waals surface area (Å²) in [5.41, 5.74) is 2.97. The van der Waals surface area contributed by atoms with E-state index in [0.717, 1.165) is 5.52 Å². The van der Waals surface area contributed by atoms with Gasteiger partial charge in [0.15, 0.2) is 0 Å². The molecule has 14 heavy (non-hydrogen) atoms. The lowest BCUT2D eigenvalue weighted by atomic mass is 10.3. The number of thiazole rings is 1. The summed E-state index contributed by atoms with van der Waals surface area (Å²) >= 11 is 1.68. The third kappa shape index (κ3) is 4.28. The van der Waals surface area contributed by atoms with Crippen molar-refractivity contribution in [2.24, 2.45) is 10.3 Å². The van der Waals surface area contributed by atoms with Crippen LogP contribution in [0, 0.1) is 0 Å². The van der Waals surface area contributed by atoms with E-state index in [1.807, 2.05) is 23.7 Å². The maximum absolute atomic E-state index is 9.19. The molecule has 0 atom stereocenters. The molecule has 0 spiro atoms. The molecule has 0 radical (unpaired) electrons. The van der Waals surface area contributed by atoms with Gasteiger partial charge in [-0.3, -0.25) is 0 Å². The summed E-state index contributed by atoms with van der Waals surface area (Å²) in [6, 6.07) is 8.13. The normalized spacial score (nSPS) is 10.7. The van der Waals surface area contributed by atoms with Crippen molar-refractivity contribution >= 4 is 31.8 Å². The largest absolute Gasteiger partial charge is 0.271 e. The van der Waals surface area contributed by atoms with Crippen LogP contribution in [0.3, 0.4) is 0 Å². The highest BCUT2D eigenvalue weighted by Gasteiger charge is 1.89. The van der Waals surface area contributed by atoms with Gasteiger partial charge < -0.3 is 0 Å². The van der Waals surface area contributed by atoms with Gasteiger partial charge in [-0.25, -0.2) is 15.3 Å². The first-order valence-electron chi connectivity index (χ1n) is 3.55. The second-order valence-corrected chi connectivity index (χ2v) is 4.47. The maximum Gasteiger partial charge on any atom is 0.271 e. The van der Waals surface area contributed by atoms with Gasteiger partial charge in [-0.05, 0) is 12.1 Å². The fourth-order valence-electron chi connectivity index (χ4n) is 0.803. The van der Waals surface area contributed by atoms with Gasteiger partial charge in [0.05, 0.1) is 15.7 Å². The van der Waals surface area contributed by atoms with Crippen LogP contribution in [0.4, 0.5) is 0 Å². The Bertz CT molecular complexity index is 468. The molecule has 7 heteroatoms. The van der Waals surface area contributed by atoms with Crippen LogP contribution < -0.4 is 10.3 Å². The van der Waals surface area contributed by atoms with E-state index in [0.29, 0.717) is 0 Å². The molecular weight excluding hydrogens is 222 g/mol. The molecule has 0 amide bonds. The van der Waals surface area contributed by atoms with Crippen molar-refractivity contribution in [3.8, 4) is 0 Å². The molecule has 2 rings (SSSR count). The highest BCUT2D eigenvalue weighted by Crippen LogP contribution is 2.15. The lowest BCUT2D eigenvalue weighted by Gasteiger charge is -1.80. The van der Waals surface area contributed by atoms with E-state index in [1.54, 1.807) is 11.3 Å². The van der Waals surface area contributed by atoms with Crippen molar-refractivity contribution < 1.29 is 8.42 Å². The summed E-state index contributed by atoms with van der Waals surface area (Å²) in [7, 11) is -3.67. The van der Waals surface area contributed by atoms with Crippen LogP contribution in [0.1, 0.15) is 0 Å². The Kier molecular flexibility index (Phi) is 3.53. The van der Waals surface area contributed by atoms with E-state index in [4.69, 9.17) is 0 Å². The Labute approximate surface area is 85.6 Å². The third-order valence-corrected chi connectivity index (χ3v) is 2.05. The average molecular weight is 231 g/mol. The lowest BCUT2D eigenvalue weighted by Crippen LogP contribution is -2.21. The van der Waals surface area contributed by atoms with Gasteiger partial charge in [0.2, 0.25) is 0 Å². The molecule has 1 heterocycles. The van der Waals surface area contributed by atoms with Crippen molar-refractivity contribution in [1.29, 1.82) is 0 Å². The van der Waals surface area contributed by atoms with Crippen LogP contribution in [0.2, 0.25) is 0 Å². The summed E-state index contributed by atoms with van der Waals surface area (Å²) in [6.07, 6.45) is 0. The molecule has 0 saturated carbocycles. The van der Waals surface area contributed by atoms with Crippen LogP contribution >= 0.6 is 11.3 Å². The number of nitrogens with two attached hydrogens (primary N) is 2. The Morgan fingerprint density at radius 3 is 2.36 bits per heavy atom. The van der Waals surface area contributed by atoms with Crippen LogP contribution in [0.5, 0.6) is 0 Å². The molecule has 0 aliphatic heterocycles. The number of fused-ring (bicyclic) bond motifs is 1. The highest BCUT2D eigenvalue weighted by atomic mass is 32.2. The fraction of sp³-hybridized carbons (Fsp3) is 0. The first-order chi connectivity index (χ1) is 6.47. The van der Waals surface area contributed by atoms with Crippen molar-refractivity contribution in [3.63, 3.8) is 0 Å². The fourth-order valence-corrected chi connectivity index (χ4v) is 1.48. The predicted molar refractivity (Wildman–Crippen MR) is 56.9 cm³/mol. The van der Waals surface area contributed by atoms with Gasteiger partial charge in [-0.2, -0.15) is 8.42 Å². The monoisotopic (exact) mass is 231 g/mol. The molecule has 0 aliphatic carbocycles. The molecule has 0 unspecified atom stereocenters. The molecule has 76 valence electrons. The molecule has 0 saturated heterocycles. The Hall–Kier alpha value is -1.02. The van der Waals surface area contributed by atoms with Gasteiger partial charge in [-0.1, -0.05) is 12.1 Å². The number of hydrogen-bond donors (Lipinski definition) is 2. The molecule has 0 bridgehead atoms. The molecule has 1 aromatic carbocycles. The number of hydrogen-bond acceptors (Lipinski definition) is 4. The van der Waals surface area contributed by atoms with E-state index in [-0.39, 0.29) is 0 Å². The Morgan fingerprint density at radius 2 is 1.79 bits per heavy atom. The molecule has 4 N–H and O–H groups in total. The summed E-state index contributed by atoms with van der Waals surface area (Å²) in [6.45, 7) is 0. The van der Waals surface area contributed by atoms with Crippen LogP contribution in [0.25, 0.3) is 10.2 Å². The van der Waals surface area contributed by atoms with E-state index in [1.165, 1.54) is 4.70 Å². The number of benzene rings is 1. The second-order valence-electron chi connectivity index (χ2n) is 2.41. The summed E-state index contributed by atoms with van der Waals surface area (Å²) < 4.78 is 19.6. The van der Waals surface area contributed by atoms with E-state index >= 15 is 0 Å². The van der Waals surface area contributed by atoms with Crippen molar-refractivity contribution in [3.05, 3.63) is 29.8 Å². The summed E-state index contributed by atoms with van der Waals surface area (Å²) in [5, 5.41) is 8.21. The predicted octanol–water partition coefficient (Wildman–Crippen LogP) is 0.445. The first kappa shape index (κ1) is 11.1. The molecule has 2 aromatic rings. The van der Waals surface area contributed by atoms with Crippen molar-refractivity contribution in [2.45, 2.75) is 0 Å². The minimum atomic E-state index is -3.67. The van der Waals surface area contributed by atoms with Gasteiger partial charge in [0, 0.05) is 0 Å². The van der Waals surface area contributed by atoms with Crippen molar-refractivity contribution in [1.82, 2.24) is 4.98 Å². The van der Waals surface area contributed by atoms with Gasteiger partial charge in [-0.15, -0.1) is 11.3 Å². The van der Waals surface area contributed by atoms with E-state index < -0.39 is 10.2 Å². The standard InChI is InChI=1S/C7H5NS.H4N2O2S/c1-2-4-7-6(3-1)8-5-9-7;1-5(2,3)4/h1-5H;(H4,1,2,3,4). The zero-order valence-corrected chi connectivity index (χ0v) is 8.75. The minimum absolute atomic E-state index is 1.10. The molecule has 1 aromatic heterocycles. The molecular formula is C7H9N3O2S2. The van der Waals surface area contributed by atoms with Crippen LogP contribution in [0.15, 0.2) is 29.8 Å². The average Bonchev–Trinajstić information content (AvgIpc) is 2.47. The SMILES string of the molecule is NS(N)(=O)=O.c1ccc2scnc2c1. The van der Waals surface area contributed by atoms with Gasteiger partial charge >= 0.3 is 0 Å². The topological polar surface area (TPSA) is 99.1 Å². The zero-order valence-electron chi connectivity index (χ0n) is 7.12. The molecule has 0 aliphatic rings. The van der Waals surface area contributed by atoms with E-state index in [2.05, 4.69) is 21.3 Å². The third-order valence-electron chi connectivity index (χ3n) is 1.24. The number of rotatable bonds is 0. The summed E-state index contributed by atoms with van der Waals surface area (Å²) in [5.74, 6) is 0. The van der Waals surface area contributed by atoms with Gasteiger partial charge in [0.1, 0.15) is 0 Å². The van der Waals surface area contributed by atoms with Crippen LogP contribution in [-0.2, 0) is 10.2 Å². The smallest absolute Gasteiger partial charge is 0.245 e. The maximum atomic E-state index is 9.19. The molecule has 5 nitrogen and oxygen atoms in total. The number of aromatic nitrogens is 1. The summed E-state index contributed by atoms with van der Waals surface area (Å²) in [4.78, 5) is 4.14. The zero-order chi connectivity index (χ0) is 10.6. The number of para-hydroxylation sites is 1. The second kappa shape index (κ2) is 4.47. The first-order valence-corrected chi connectivity index (χ1v) is 6.04. The highest BCUT2D eigenvalue weighted by molar-refractivity contribution is 7.86. The molecule has 0 fully saturated rings. The van der Waals surface area contributed by atoms with Crippen molar-refractivity contribution in [2.75, 3.05) is 0 Å². The minimum Gasteiger partial charge on any atom is -0.245 e. The van der Waals surface area contributed by atoms with Crippen LogP contribution in [-0.4, -0.2) is 13.4 Å². The number of nitrogens with zero attached hydrogens (tertiary/aromatic N) is 1. The van der Waals surface area contributed by atoms with E-state index in [9.17, 15) is 8.42 Å². The quantitative estimate of drug-likeness (QED) is 0.688. The Morgan fingerprint density at radius 1 is 1.21 bits per heavy atom. The lowest BCUT2D eigenvalue weighted by molar-refractivity contribution is 0.599.